The van der Waals surface area contributed by atoms with Gasteiger partial charge in [0.25, 0.3) is 0 Å². The van der Waals surface area contributed by atoms with Crippen LogP contribution in [0.15, 0.2) is 24.3 Å². The van der Waals surface area contributed by atoms with Crippen molar-refractivity contribution in [3.05, 3.63) is 29.8 Å². The van der Waals surface area contributed by atoms with E-state index in [2.05, 4.69) is 5.32 Å². The van der Waals surface area contributed by atoms with Gasteiger partial charge in [0.1, 0.15) is 0 Å². The molecule has 0 saturated carbocycles. The summed E-state index contributed by atoms with van der Waals surface area (Å²) in [5, 5.41) is 2.94. The topological polar surface area (TPSA) is 58.4 Å². The lowest BCUT2D eigenvalue weighted by Gasteiger charge is -2.24. The molecular formula is C14H21N3OS. The van der Waals surface area contributed by atoms with E-state index in [1.807, 2.05) is 50.0 Å². The second-order valence-corrected chi connectivity index (χ2v) is 6.12. The van der Waals surface area contributed by atoms with Gasteiger partial charge in [-0.25, -0.2) is 4.79 Å². The number of rotatable bonds is 3. The number of benzene rings is 1. The molecule has 0 bridgehead atoms. The Morgan fingerprint density at radius 1 is 1.58 bits per heavy atom. The quantitative estimate of drug-likeness (QED) is 0.894. The molecule has 5 heteroatoms. The van der Waals surface area contributed by atoms with Crippen LogP contribution in [-0.4, -0.2) is 35.5 Å². The molecule has 1 saturated heterocycles. The van der Waals surface area contributed by atoms with Gasteiger partial charge in [0.15, 0.2) is 0 Å². The van der Waals surface area contributed by atoms with Crippen molar-refractivity contribution >= 4 is 23.5 Å². The van der Waals surface area contributed by atoms with Gasteiger partial charge < -0.3 is 16.0 Å². The minimum absolute atomic E-state index is 0.0270. The number of amides is 2. The van der Waals surface area contributed by atoms with Crippen LogP contribution in [0, 0.1) is 0 Å². The molecule has 4 nitrogen and oxygen atoms in total. The van der Waals surface area contributed by atoms with E-state index in [4.69, 9.17) is 5.73 Å². The Morgan fingerprint density at radius 3 is 3.00 bits per heavy atom. The van der Waals surface area contributed by atoms with Crippen molar-refractivity contribution in [3.8, 4) is 0 Å². The van der Waals surface area contributed by atoms with E-state index in [0.29, 0.717) is 6.04 Å². The molecule has 0 spiro atoms. The molecule has 2 unspecified atom stereocenters. The van der Waals surface area contributed by atoms with Crippen molar-refractivity contribution in [2.24, 2.45) is 5.73 Å². The maximum Gasteiger partial charge on any atom is 0.321 e. The van der Waals surface area contributed by atoms with E-state index < -0.39 is 0 Å². The van der Waals surface area contributed by atoms with Gasteiger partial charge in [-0.2, -0.15) is 11.8 Å². The zero-order valence-electron chi connectivity index (χ0n) is 11.4. The molecule has 0 aromatic heterocycles. The Labute approximate surface area is 118 Å². The number of anilines is 1. The molecule has 1 aromatic carbocycles. The zero-order chi connectivity index (χ0) is 13.8. The first kappa shape index (κ1) is 14.2. The summed E-state index contributed by atoms with van der Waals surface area (Å²) in [6.07, 6.45) is 1.08. The Hall–Kier alpha value is -1.20. The van der Waals surface area contributed by atoms with Crippen molar-refractivity contribution in [2.75, 3.05) is 23.9 Å². The largest absolute Gasteiger partial charge is 0.324 e. The number of carbonyl (C=O) groups is 1. The van der Waals surface area contributed by atoms with E-state index in [9.17, 15) is 4.79 Å². The van der Waals surface area contributed by atoms with E-state index >= 15 is 0 Å². The van der Waals surface area contributed by atoms with Crippen LogP contribution < -0.4 is 11.1 Å². The van der Waals surface area contributed by atoms with E-state index in [1.165, 1.54) is 0 Å². The summed E-state index contributed by atoms with van der Waals surface area (Å²) >= 11 is 1.90. The summed E-state index contributed by atoms with van der Waals surface area (Å²) in [5.74, 6) is 2.17. The Morgan fingerprint density at radius 2 is 2.37 bits per heavy atom. The number of carbonyl (C=O) groups excluding carboxylic acids is 1. The first-order valence-corrected chi connectivity index (χ1v) is 7.70. The average Bonchev–Trinajstić information content (AvgIpc) is 2.92. The fourth-order valence-corrected chi connectivity index (χ4v) is 3.37. The van der Waals surface area contributed by atoms with Crippen molar-refractivity contribution in [3.63, 3.8) is 0 Å². The molecule has 1 aliphatic heterocycles. The lowest BCUT2D eigenvalue weighted by atomic mass is 10.1. The van der Waals surface area contributed by atoms with Gasteiger partial charge in [-0.3, -0.25) is 0 Å². The van der Waals surface area contributed by atoms with Crippen molar-refractivity contribution in [2.45, 2.75) is 25.4 Å². The van der Waals surface area contributed by atoms with Gasteiger partial charge in [-0.1, -0.05) is 12.1 Å². The monoisotopic (exact) mass is 279 g/mol. The molecule has 2 amide bonds. The lowest BCUT2D eigenvalue weighted by Crippen LogP contribution is -2.39. The fourth-order valence-electron chi connectivity index (χ4n) is 2.10. The van der Waals surface area contributed by atoms with Gasteiger partial charge >= 0.3 is 6.03 Å². The average molecular weight is 279 g/mol. The van der Waals surface area contributed by atoms with Gasteiger partial charge in [-0.05, 0) is 36.8 Å². The predicted molar refractivity (Wildman–Crippen MR) is 81.6 cm³/mol. The Bertz CT molecular complexity index is 444. The number of hydrogen-bond donors (Lipinski definition) is 2. The molecule has 0 radical (unpaired) electrons. The number of nitrogens with one attached hydrogen (secondary N) is 1. The maximum atomic E-state index is 12.2. The van der Waals surface area contributed by atoms with Gasteiger partial charge in [0.05, 0.1) is 0 Å². The number of nitrogens with two attached hydrogens (primary N) is 1. The van der Waals surface area contributed by atoms with Crippen molar-refractivity contribution in [1.82, 2.24) is 4.90 Å². The molecule has 19 heavy (non-hydrogen) atoms. The minimum atomic E-state index is -0.0469. The summed E-state index contributed by atoms with van der Waals surface area (Å²) in [7, 11) is 1.86. The highest BCUT2D eigenvalue weighted by Crippen LogP contribution is 2.22. The Balaban J connectivity index is 1.99. The third-order valence-corrected chi connectivity index (χ3v) is 4.58. The van der Waals surface area contributed by atoms with Crippen LogP contribution in [0.3, 0.4) is 0 Å². The van der Waals surface area contributed by atoms with Gasteiger partial charge in [-0.15, -0.1) is 0 Å². The molecule has 1 aliphatic rings. The van der Waals surface area contributed by atoms with Crippen LogP contribution in [0.25, 0.3) is 0 Å². The van der Waals surface area contributed by atoms with Crippen LogP contribution >= 0.6 is 11.8 Å². The number of nitrogens with zero attached hydrogens (tertiary/aromatic N) is 1. The van der Waals surface area contributed by atoms with Gasteiger partial charge in [0.2, 0.25) is 0 Å². The molecule has 0 aliphatic carbocycles. The summed E-state index contributed by atoms with van der Waals surface area (Å²) in [6, 6.07) is 7.98. The zero-order valence-corrected chi connectivity index (χ0v) is 12.2. The lowest BCUT2D eigenvalue weighted by molar-refractivity contribution is 0.209. The first-order valence-electron chi connectivity index (χ1n) is 6.55. The SMILES string of the molecule is CC(N)c1cccc(NC(=O)N(C)C2CCSC2)c1. The van der Waals surface area contributed by atoms with Crippen LogP contribution in [0.2, 0.25) is 0 Å². The third-order valence-electron chi connectivity index (χ3n) is 3.44. The van der Waals surface area contributed by atoms with Gasteiger partial charge in [0, 0.05) is 30.6 Å². The highest BCUT2D eigenvalue weighted by atomic mass is 32.2. The number of hydrogen-bond acceptors (Lipinski definition) is 3. The molecule has 2 atom stereocenters. The van der Waals surface area contributed by atoms with Crippen molar-refractivity contribution < 1.29 is 4.79 Å². The molecule has 1 aromatic rings. The number of thioether (sulfide) groups is 1. The Kier molecular flexibility index (Phi) is 4.71. The van der Waals surface area contributed by atoms with Crippen LogP contribution in [0.5, 0.6) is 0 Å². The summed E-state index contributed by atoms with van der Waals surface area (Å²) in [6.45, 7) is 1.93. The summed E-state index contributed by atoms with van der Waals surface area (Å²) < 4.78 is 0. The van der Waals surface area contributed by atoms with E-state index in [0.717, 1.165) is 29.2 Å². The van der Waals surface area contributed by atoms with E-state index in [1.54, 1.807) is 4.90 Å². The highest BCUT2D eigenvalue weighted by molar-refractivity contribution is 7.99. The molecule has 3 N–H and O–H groups in total. The molecule has 1 fully saturated rings. The first-order chi connectivity index (χ1) is 9.08. The second-order valence-electron chi connectivity index (χ2n) is 4.97. The maximum absolute atomic E-state index is 12.2. The van der Waals surface area contributed by atoms with Crippen molar-refractivity contribution in [1.29, 1.82) is 0 Å². The smallest absolute Gasteiger partial charge is 0.321 e. The van der Waals surface area contributed by atoms with Crippen LogP contribution in [0.4, 0.5) is 10.5 Å². The minimum Gasteiger partial charge on any atom is -0.324 e. The van der Waals surface area contributed by atoms with Crippen LogP contribution in [0.1, 0.15) is 24.9 Å². The number of urea groups is 1. The molecular weight excluding hydrogens is 258 g/mol. The molecule has 104 valence electrons. The standard InChI is InChI=1S/C14H21N3OS/c1-10(15)11-4-3-5-12(8-11)16-14(18)17(2)13-6-7-19-9-13/h3-5,8,10,13H,6-7,9,15H2,1-2H3,(H,16,18). The third kappa shape index (κ3) is 3.64. The molecule has 2 rings (SSSR count). The second kappa shape index (κ2) is 6.30. The highest BCUT2D eigenvalue weighted by Gasteiger charge is 2.23. The predicted octanol–water partition coefficient (Wildman–Crippen LogP) is 2.68. The summed E-state index contributed by atoms with van der Waals surface area (Å²) in [4.78, 5) is 14.0. The van der Waals surface area contributed by atoms with Crippen LogP contribution in [-0.2, 0) is 0 Å². The fraction of sp³-hybridized carbons (Fsp3) is 0.500. The normalized spacial score (nSPS) is 20.1. The molecule has 1 heterocycles. The van der Waals surface area contributed by atoms with E-state index in [-0.39, 0.29) is 12.1 Å². The summed E-state index contributed by atoms with van der Waals surface area (Å²) in [5.41, 5.74) is 7.67.